The van der Waals surface area contributed by atoms with Crippen LogP contribution in [0.2, 0.25) is 0 Å². The predicted molar refractivity (Wildman–Crippen MR) is 62.4 cm³/mol. The van der Waals surface area contributed by atoms with Crippen molar-refractivity contribution in [1.82, 2.24) is 14.3 Å². The highest BCUT2D eigenvalue weighted by molar-refractivity contribution is 7.89. The van der Waals surface area contributed by atoms with Gasteiger partial charge >= 0.3 is 0 Å². The lowest BCUT2D eigenvalue weighted by atomic mass is 10.3. The Labute approximate surface area is 104 Å². The molecule has 2 atom stereocenters. The Morgan fingerprint density at radius 2 is 1.78 bits per heavy atom. The zero-order chi connectivity index (χ0) is 13.3. The van der Waals surface area contributed by atoms with Crippen molar-refractivity contribution in [3.8, 4) is 0 Å². The molecule has 1 aliphatic heterocycles. The minimum atomic E-state index is -3.77. The van der Waals surface area contributed by atoms with Crippen LogP contribution < -0.4 is 5.32 Å². The third-order valence-corrected chi connectivity index (χ3v) is 4.50. The number of hydrogen-bond acceptors (Lipinski definition) is 7. The summed E-state index contributed by atoms with van der Waals surface area (Å²) in [6.07, 6.45) is 0.255. The molecule has 0 amide bonds. The van der Waals surface area contributed by atoms with Crippen molar-refractivity contribution in [3.63, 3.8) is 0 Å². The third kappa shape index (κ3) is 2.29. The van der Waals surface area contributed by atoms with E-state index >= 15 is 0 Å². The van der Waals surface area contributed by atoms with Gasteiger partial charge in [0.25, 0.3) is 0 Å². The average Bonchev–Trinajstić information content (AvgIpc) is 2.70. The molecule has 2 heterocycles. The van der Waals surface area contributed by atoms with Crippen LogP contribution in [0.25, 0.3) is 0 Å². The van der Waals surface area contributed by atoms with Crippen molar-refractivity contribution < 1.29 is 18.6 Å². The van der Waals surface area contributed by atoms with Crippen molar-refractivity contribution in [2.75, 3.05) is 25.5 Å². The number of aliphatic hydroxyl groups is 2. The largest absolute Gasteiger partial charge is 0.389 e. The molecule has 1 aliphatic rings. The van der Waals surface area contributed by atoms with E-state index in [4.69, 9.17) is 0 Å². The molecule has 1 fully saturated rings. The van der Waals surface area contributed by atoms with Crippen LogP contribution in [-0.2, 0) is 10.0 Å². The van der Waals surface area contributed by atoms with Crippen LogP contribution in [-0.4, -0.2) is 65.2 Å². The van der Waals surface area contributed by atoms with Crippen LogP contribution in [0.4, 0.5) is 5.95 Å². The maximum atomic E-state index is 12.1. The van der Waals surface area contributed by atoms with Gasteiger partial charge in [0.15, 0.2) is 0 Å². The SMILES string of the molecule is CNc1ncc(S(=O)(=O)N2CC(O)C(O)C2)cn1. The number of nitrogens with zero attached hydrogens (tertiary/aromatic N) is 3. The van der Waals surface area contributed by atoms with E-state index in [1.807, 2.05) is 0 Å². The van der Waals surface area contributed by atoms with Gasteiger partial charge in [-0.2, -0.15) is 4.31 Å². The summed E-state index contributed by atoms with van der Waals surface area (Å²) in [6, 6.07) is 0. The molecule has 100 valence electrons. The molecule has 1 aromatic heterocycles. The van der Waals surface area contributed by atoms with Crippen molar-refractivity contribution in [1.29, 1.82) is 0 Å². The maximum absolute atomic E-state index is 12.1. The van der Waals surface area contributed by atoms with Gasteiger partial charge in [0.2, 0.25) is 16.0 Å². The summed E-state index contributed by atoms with van der Waals surface area (Å²) >= 11 is 0. The molecule has 8 nitrogen and oxygen atoms in total. The molecule has 0 aliphatic carbocycles. The summed E-state index contributed by atoms with van der Waals surface area (Å²) in [4.78, 5) is 7.57. The summed E-state index contributed by atoms with van der Waals surface area (Å²) in [7, 11) is -2.15. The number of rotatable bonds is 3. The molecule has 0 aromatic carbocycles. The second kappa shape index (κ2) is 4.76. The van der Waals surface area contributed by atoms with E-state index in [2.05, 4.69) is 15.3 Å². The monoisotopic (exact) mass is 274 g/mol. The van der Waals surface area contributed by atoms with Crippen LogP contribution in [0.3, 0.4) is 0 Å². The number of hydrogen-bond donors (Lipinski definition) is 3. The lowest BCUT2D eigenvalue weighted by molar-refractivity contribution is 0.0572. The first kappa shape index (κ1) is 13.1. The summed E-state index contributed by atoms with van der Waals surface area (Å²) in [5.74, 6) is 0.315. The van der Waals surface area contributed by atoms with Gasteiger partial charge in [0, 0.05) is 20.1 Å². The number of nitrogens with one attached hydrogen (secondary N) is 1. The van der Waals surface area contributed by atoms with Gasteiger partial charge in [-0.05, 0) is 0 Å². The number of β-amino-alcohol motifs (C(OH)–C–C–N with tert-alkyl or cyclic N) is 2. The summed E-state index contributed by atoms with van der Waals surface area (Å²) in [6.45, 7) is -0.255. The van der Waals surface area contributed by atoms with Crippen molar-refractivity contribution in [3.05, 3.63) is 12.4 Å². The van der Waals surface area contributed by atoms with Crippen LogP contribution in [0.5, 0.6) is 0 Å². The van der Waals surface area contributed by atoms with Crippen LogP contribution in [0.15, 0.2) is 17.3 Å². The highest BCUT2D eigenvalue weighted by Crippen LogP contribution is 2.20. The quantitative estimate of drug-likeness (QED) is 0.598. The van der Waals surface area contributed by atoms with E-state index in [9.17, 15) is 18.6 Å². The van der Waals surface area contributed by atoms with Gasteiger partial charge in [0.05, 0.1) is 24.6 Å². The van der Waals surface area contributed by atoms with Crippen LogP contribution in [0, 0.1) is 0 Å². The number of aliphatic hydroxyl groups excluding tert-OH is 2. The van der Waals surface area contributed by atoms with E-state index in [-0.39, 0.29) is 18.0 Å². The molecule has 1 aromatic rings. The first-order valence-corrected chi connectivity index (χ1v) is 6.75. The average molecular weight is 274 g/mol. The maximum Gasteiger partial charge on any atom is 0.246 e. The fourth-order valence-electron chi connectivity index (χ4n) is 1.66. The van der Waals surface area contributed by atoms with E-state index in [0.717, 1.165) is 4.31 Å². The minimum absolute atomic E-state index is 0.0669. The number of anilines is 1. The molecule has 3 N–H and O–H groups in total. The first-order valence-electron chi connectivity index (χ1n) is 5.31. The van der Waals surface area contributed by atoms with E-state index in [0.29, 0.717) is 5.95 Å². The van der Waals surface area contributed by atoms with Crippen LogP contribution >= 0.6 is 0 Å². The summed E-state index contributed by atoms with van der Waals surface area (Å²) in [5.41, 5.74) is 0. The topological polar surface area (TPSA) is 116 Å². The summed E-state index contributed by atoms with van der Waals surface area (Å²) < 4.78 is 25.3. The number of sulfonamides is 1. The first-order chi connectivity index (χ1) is 8.45. The van der Waals surface area contributed by atoms with Crippen molar-refractivity contribution >= 4 is 16.0 Å². The molecule has 0 radical (unpaired) electrons. The highest BCUT2D eigenvalue weighted by Gasteiger charge is 2.37. The zero-order valence-corrected chi connectivity index (χ0v) is 10.5. The minimum Gasteiger partial charge on any atom is -0.389 e. The van der Waals surface area contributed by atoms with Gasteiger partial charge in [-0.15, -0.1) is 0 Å². The fraction of sp³-hybridized carbons (Fsp3) is 0.556. The molecule has 2 rings (SSSR count). The van der Waals surface area contributed by atoms with Crippen molar-refractivity contribution in [2.24, 2.45) is 0 Å². The molecule has 9 heteroatoms. The zero-order valence-electron chi connectivity index (χ0n) is 9.68. The highest BCUT2D eigenvalue weighted by atomic mass is 32.2. The van der Waals surface area contributed by atoms with Crippen LogP contribution in [0.1, 0.15) is 0 Å². The molecule has 0 spiro atoms. The Balaban J connectivity index is 2.25. The Hall–Kier alpha value is -1.29. The molecule has 0 bridgehead atoms. The van der Waals surface area contributed by atoms with Gasteiger partial charge in [-0.3, -0.25) is 0 Å². The molecule has 1 saturated heterocycles. The number of aromatic nitrogens is 2. The normalized spacial score (nSPS) is 25.3. The van der Waals surface area contributed by atoms with Gasteiger partial charge in [-0.25, -0.2) is 18.4 Å². The lowest BCUT2D eigenvalue weighted by Crippen LogP contribution is -2.30. The Morgan fingerprint density at radius 3 is 2.22 bits per heavy atom. The molecule has 0 saturated carbocycles. The van der Waals surface area contributed by atoms with Gasteiger partial charge < -0.3 is 15.5 Å². The Kier molecular flexibility index (Phi) is 3.48. The second-order valence-electron chi connectivity index (χ2n) is 3.95. The standard InChI is InChI=1S/C9H14N4O4S/c1-10-9-11-2-6(3-12-9)18(16,17)13-4-7(14)8(15)5-13/h2-3,7-8,14-15H,4-5H2,1H3,(H,10,11,12). The Bertz CT molecular complexity index is 508. The fourth-order valence-corrected chi connectivity index (χ4v) is 3.03. The van der Waals surface area contributed by atoms with E-state index < -0.39 is 22.2 Å². The molecule has 2 unspecified atom stereocenters. The van der Waals surface area contributed by atoms with Crippen molar-refractivity contribution in [2.45, 2.75) is 17.1 Å². The van der Waals surface area contributed by atoms with Gasteiger partial charge in [0.1, 0.15) is 4.90 Å². The molecular formula is C9H14N4O4S. The second-order valence-corrected chi connectivity index (χ2v) is 5.89. The Morgan fingerprint density at radius 1 is 1.28 bits per heavy atom. The lowest BCUT2D eigenvalue weighted by Gasteiger charge is -2.14. The summed E-state index contributed by atoms with van der Waals surface area (Å²) in [5, 5.41) is 21.4. The smallest absolute Gasteiger partial charge is 0.246 e. The molecular weight excluding hydrogens is 260 g/mol. The van der Waals surface area contributed by atoms with E-state index in [1.54, 1.807) is 7.05 Å². The van der Waals surface area contributed by atoms with Gasteiger partial charge in [-0.1, -0.05) is 0 Å². The van der Waals surface area contributed by atoms with E-state index in [1.165, 1.54) is 12.4 Å². The third-order valence-electron chi connectivity index (χ3n) is 2.72. The molecule has 18 heavy (non-hydrogen) atoms. The predicted octanol–water partition coefficient (Wildman–Crippen LogP) is -1.76.